The molecule has 0 fully saturated rings. The number of hydrogen-bond acceptors (Lipinski definition) is 2. The molecule has 0 aromatic heterocycles. The van der Waals surface area contributed by atoms with Crippen molar-refractivity contribution in [1.29, 1.82) is 0 Å². The van der Waals surface area contributed by atoms with Gasteiger partial charge in [0.25, 0.3) is 0 Å². The van der Waals surface area contributed by atoms with E-state index in [9.17, 15) is 9.18 Å². The Kier molecular flexibility index (Phi) is 3.45. The van der Waals surface area contributed by atoms with Crippen LogP contribution in [0.4, 0.5) is 10.1 Å². The molecule has 1 N–H and O–H groups in total. The predicted octanol–water partition coefficient (Wildman–Crippen LogP) is 3.63. The van der Waals surface area contributed by atoms with E-state index in [0.29, 0.717) is 17.0 Å². The Labute approximate surface area is 121 Å². The van der Waals surface area contributed by atoms with Gasteiger partial charge in [0.2, 0.25) is 0 Å². The van der Waals surface area contributed by atoms with Crippen LogP contribution in [-0.2, 0) is 17.6 Å². The van der Waals surface area contributed by atoms with Crippen molar-refractivity contribution < 1.29 is 9.18 Å². The Hall–Kier alpha value is -1.87. The molecule has 0 spiro atoms. The second-order valence-electron chi connectivity index (χ2n) is 4.94. The van der Waals surface area contributed by atoms with Gasteiger partial charge >= 0.3 is 0 Å². The maximum Gasteiger partial charge on any atom is 0.159 e. The lowest BCUT2D eigenvalue weighted by Crippen LogP contribution is -2.28. The zero-order valence-corrected chi connectivity index (χ0v) is 11.5. The quantitative estimate of drug-likeness (QED) is 0.935. The van der Waals surface area contributed by atoms with Crippen LogP contribution in [0.2, 0.25) is 5.02 Å². The van der Waals surface area contributed by atoms with Gasteiger partial charge in [0.15, 0.2) is 5.78 Å². The second kappa shape index (κ2) is 5.25. The van der Waals surface area contributed by atoms with Crippen LogP contribution >= 0.6 is 11.6 Å². The molecule has 0 aliphatic carbocycles. The van der Waals surface area contributed by atoms with Gasteiger partial charge in [-0.1, -0.05) is 35.9 Å². The highest BCUT2D eigenvalue weighted by molar-refractivity contribution is 6.31. The maximum atomic E-state index is 13.0. The summed E-state index contributed by atoms with van der Waals surface area (Å²) in [4.78, 5) is 12.3. The molecule has 0 saturated heterocycles. The summed E-state index contributed by atoms with van der Waals surface area (Å²) < 4.78 is 13.0. The molecule has 1 atom stereocenters. The molecule has 2 aromatic rings. The zero-order chi connectivity index (χ0) is 14.1. The van der Waals surface area contributed by atoms with E-state index in [1.807, 2.05) is 24.3 Å². The van der Waals surface area contributed by atoms with Crippen molar-refractivity contribution in [3.05, 3.63) is 64.4 Å². The van der Waals surface area contributed by atoms with Gasteiger partial charge in [0, 0.05) is 23.6 Å². The second-order valence-corrected chi connectivity index (χ2v) is 5.34. The number of halogens is 2. The summed E-state index contributed by atoms with van der Waals surface area (Å²) in [6.45, 7) is 0. The lowest BCUT2D eigenvalue weighted by Gasteiger charge is -2.11. The molecule has 0 saturated carbocycles. The van der Waals surface area contributed by atoms with Gasteiger partial charge in [0.1, 0.15) is 5.82 Å². The average Bonchev–Trinajstić information content (AvgIpc) is 2.86. The molecule has 0 bridgehead atoms. The summed E-state index contributed by atoms with van der Waals surface area (Å²) in [6, 6.07) is 11.8. The molecule has 20 heavy (non-hydrogen) atoms. The molecule has 2 nitrogen and oxygen atoms in total. The summed E-state index contributed by atoms with van der Waals surface area (Å²) in [7, 11) is 0. The van der Waals surface area contributed by atoms with Gasteiger partial charge in [-0.05, 0) is 29.3 Å². The van der Waals surface area contributed by atoms with Crippen molar-refractivity contribution in [3.63, 3.8) is 0 Å². The highest BCUT2D eigenvalue weighted by Crippen LogP contribution is 2.27. The Morgan fingerprint density at radius 1 is 1.30 bits per heavy atom. The number of benzene rings is 2. The maximum absolute atomic E-state index is 13.0. The van der Waals surface area contributed by atoms with Crippen LogP contribution in [0.3, 0.4) is 0 Å². The van der Waals surface area contributed by atoms with Crippen LogP contribution in [0.25, 0.3) is 0 Å². The smallest absolute Gasteiger partial charge is 0.159 e. The van der Waals surface area contributed by atoms with Gasteiger partial charge in [-0.2, -0.15) is 0 Å². The number of carbonyl (C=O) groups is 1. The normalized spacial score (nSPS) is 16.6. The molecule has 2 aromatic carbocycles. The number of ketones is 1. The van der Waals surface area contributed by atoms with E-state index in [-0.39, 0.29) is 18.2 Å². The van der Waals surface area contributed by atoms with Gasteiger partial charge in [-0.3, -0.25) is 4.79 Å². The minimum absolute atomic E-state index is 0.0645. The first kappa shape index (κ1) is 13.1. The van der Waals surface area contributed by atoms with Crippen molar-refractivity contribution in [2.75, 3.05) is 5.32 Å². The molecule has 102 valence electrons. The van der Waals surface area contributed by atoms with E-state index in [0.717, 1.165) is 11.3 Å². The fourth-order valence-electron chi connectivity index (χ4n) is 2.47. The lowest BCUT2D eigenvalue weighted by molar-refractivity contribution is -0.119. The molecular formula is C16H13ClFNO. The topological polar surface area (TPSA) is 29.1 Å². The van der Waals surface area contributed by atoms with Crippen molar-refractivity contribution in [3.8, 4) is 0 Å². The van der Waals surface area contributed by atoms with Gasteiger partial charge in [0.05, 0.1) is 6.04 Å². The fraction of sp³-hybridized carbons (Fsp3) is 0.188. The third-order valence-corrected chi connectivity index (χ3v) is 3.89. The lowest BCUT2D eigenvalue weighted by atomic mass is 10.0. The van der Waals surface area contributed by atoms with Crippen LogP contribution in [0.15, 0.2) is 42.5 Å². The Balaban J connectivity index is 1.72. The highest BCUT2D eigenvalue weighted by Gasteiger charge is 2.26. The van der Waals surface area contributed by atoms with E-state index in [2.05, 4.69) is 5.32 Å². The molecule has 0 radical (unpaired) electrons. The first-order valence-electron chi connectivity index (χ1n) is 6.44. The SMILES string of the molecule is O=C(Cc1ccc(F)cc1Cl)C1Cc2ccccc2N1. The number of hydrogen-bond donors (Lipinski definition) is 1. The summed E-state index contributed by atoms with van der Waals surface area (Å²) in [5.74, 6) is -0.327. The van der Waals surface area contributed by atoms with E-state index in [1.165, 1.54) is 12.1 Å². The Morgan fingerprint density at radius 3 is 2.85 bits per heavy atom. The number of para-hydroxylation sites is 1. The molecule has 3 rings (SSSR count). The van der Waals surface area contributed by atoms with Crippen molar-refractivity contribution in [2.24, 2.45) is 0 Å². The fourth-order valence-corrected chi connectivity index (χ4v) is 2.70. The van der Waals surface area contributed by atoms with Gasteiger partial charge in [-0.25, -0.2) is 4.39 Å². The number of carbonyl (C=O) groups excluding carboxylic acids is 1. The molecule has 1 aliphatic rings. The van der Waals surface area contributed by atoms with E-state index >= 15 is 0 Å². The third-order valence-electron chi connectivity index (χ3n) is 3.54. The van der Waals surface area contributed by atoms with Crippen molar-refractivity contribution in [1.82, 2.24) is 0 Å². The van der Waals surface area contributed by atoms with Gasteiger partial charge < -0.3 is 5.32 Å². The summed E-state index contributed by atoms with van der Waals surface area (Å²) in [6.07, 6.45) is 0.901. The summed E-state index contributed by atoms with van der Waals surface area (Å²) in [5.41, 5.74) is 2.82. The minimum Gasteiger partial charge on any atom is -0.375 e. The zero-order valence-electron chi connectivity index (χ0n) is 10.7. The van der Waals surface area contributed by atoms with Crippen LogP contribution in [-0.4, -0.2) is 11.8 Å². The van der Waals surface area contributed by atoms with E-state index in [1.54, 1.807) is 6.07 Å². The minimum atomic E-state index is -0.391. The Morgan fingerprint density at radius 2 is 2.10 bits per heavy atom. The number of rotatable bonds is 3. The van der Waals surface area contributed by atoms with Crippen molar-refractivity contribution in [2.45, 2.75) is 18.9 Å². The molecule has 0 amide bonds. The average molecular weight is 290 g/mol. The van der Waals surface area contributed by atoms with Crippen LogP contribution in [0, 0.1) is 5.82 Å². The number of fused-ring (bicyclic) bond motifs is 1. The highest BCUT2D eigenvalue weighted by atomic mass is 35.5. The molecular weight excluding hydrogens is 277 g/mol. The van der Waals surface area contributed by atoms with Crippen molar-refractivity contribution >= 4 is 23.1 Å². The van der Waals surface area contributed by atoms with Crippen LogP contribution in [0.1, 0.15) is 11.1 Å². The monoisotopic (exact) mass is 289 g/mol. The molecule has 4 heteroatoms. The Bertz CT molecular complexity index is 646. The standard InChI is InChI=1S/C16H13ClFNO/c17-13-9-12(18)6-5-10(13)8-16(20)15-7-11-3-1-2-4-14(11)19-15/h1-6,9,15,19H,7-8H2. The molecule has 1 aliphatic heterocycles. The van der Waals surface area contributed by atoms with Crippen LogP contribution < -0.4 is 5.32 Å². The van der Waals surface area contributed by atoms with E-state index in [4.69, 9.17) is 11.6 Å². The number of Topliss-reactive ketones (excluding diaryl/α,β-unsaturated/α-hetero) is 1. The molecule has 1 heterocycles. The number of anilines is 1. The third kappa shape index (κ3) is 2.54. The number of nitrogens with one attached hydrogen (secondary N) is 1. The first-order valence-corrected chi connectivity index (χ1v) is 6.82. The predicted molar refractivity (Wildman–Crippen MR) is 77.7 cm³/mol. The summed E-state index contributed by atoms with van der Waals surface area (Å²) >= 11 is 5.96. The van der Waals surface area contributed by atoms with Gasteiger partial charge in [-0.15, -0.1) is 0 Å². The molecule has 1 unspecified atom stereocenters. The van der Waals surface area contributed by atoms with Crippen LogP contribution in [0.5, 0.6) is 0 Å². The first-order chi connectivity index (χ1) is 9.63. The van der Waals surface area contributed by atoms with E-state index < -0.39 is 5.82 Å². The summed E-state index contributed by atoms with van der Waals surface area (Å²) in [5, 5.41) is 3.52. The largest absolute Gasteiger partial charge is 0.375 e.